The van der Waals surface area contributed by atoms with Gasteiger partial charge in [0.05, 0.1) is 5.60 Å². The Balaban J connectivity index is 1.40. The summed E-state index contributed by atoms with van der Waals surface area (Å²) in [5, 5.41) is 13.9. The van der Waals surface area contributed by atoms with Gasteiger partial charge in [0.2, 0.25) is 0 Å². The van der Waals surface area contributed by atoms with Gasteiger partial charge in [0.15, 0.2) is 0 Å². The van der Waals surface area contributed by atoms with Gasteiger partial charge in [-0.15, -0.1) is 0 Å². The molecule has 1 nitrogen and oxygen atoms in total. The molecule has 0 spiro atoms. The molecule has 4 fully saturated rings. The van der Waals surface area contributed by atoms with Crippen molar-refractivity contribution in [1.82, 2.24) is 0 Å². The number of hydrogen-bond acceptors (Lipinski definition) is 1. The molecule has 0 radical (unpaired) electrons. The van der Waals surface area contributed by atoms with E-state index in [0.717, 1.165) is 65.3 Å². The first kappa shape index (κ1) is 23.5. The van der Waals surface area contributed by atoms with Crippen molar-refractivity contribution in [3.05, 3.63) is 107 Å². The SMILES string of the molecule is OC1(c2cc(-c3cccc(-c4ccccc4)c3)ccc2-c2ccc(Cl)cc2Cl)C2CC3CC(C2)CC1C3. The summed E-state index contributed by atoms with van der Waals surface area (Å²) in [5.41, 5.74) is 6.85. The van der Waals surface area contributed by atoms with Crippen molar-refractivity contribution in [2.75, 3.05) is 0 Å². The van der Waals surface area contributed by atoms with E-state index in [1.54, 1.807) is 6.07 Å². The summed E-state index contributed by atoms with van der Waals surface area (Å²) < 4.78 is 0. The zero-order valence-electron chi connectivity index (χ0n) is 20.7. The third-order valence-electron chi connectivity index (χ3n) is 9.36. The fraction of sp³-hybridized carbons (Fsp3) is 0.294. The molecule has 0 atom stereocenters. The van der Waals surface area contributed by atoms with Crippen LogP contribution in [-0.2, 0) is 5.60 Å². The van der Waals surface area contributed by atoms with Crippen LogP contribution in [0.5, 0.6) is 0 Å². The summed E-state index contributed by atoms with van der Waals surface area (Å²) in [6.45, 7) is 0. The van der Waals surface area contributed by atoms with Gasteiger partial charge in [-0.05, 0) is 113 Å². The summed E-state index contributed by atoms with van der Waals surface area (Å²) in [7, 11) is 0. The Morgan fingerprint density at radius 3 is 1.84 bits per heavy atom. The van der Waals surface area contributed by atoms with Crippen LogP contribution in [0, 0.1) is 23.7 Å². The molecule has 0 saturated heterocycles. The molecule has 4 aliphatic rings. The molecule has 3 heteroatoms. The van der Waals surface area contributed by atoms with E-state index >= 15 is 0 Å². The quantitative estimate of drug-likeness (QED) is 0.281. The van der Waals surface area contributed by atoms with Gasteiger partial charge in [-0.2, -0.15) is 0 Å². The maximum Gasteiger partial charge on any atom is 0.0959 e. The van der Waals surface area contributed by atoms with Crippen LogP contribution in [0.15, 0.2) is 91.0 Å². The van der Waals surface area contributed by atoms with Gasteiger partial charge in [0.25, 0.3) is 0 Å². The van der Waals surface area contributed by atoms with Crippen LogP contribution >= 0.6 is 23.2 Å². The molecule has 1 N–H and O–H groups in total. The lowest BCUT2D eigenvalue weighted by Crippen LogP contribution is -2.55. The first-order valence-electron chi connectivity index (χ1n) is 13.5. The minimum Gasteiger partial charge on any atom is -0.385 e. The maximum absolute atomic E-state index is 12.7. The van der Waals surface area contributed by atoms with Gasteiger partial charge < -0.3 is 5.11 Å². The number of benzene rings is 4. The predicted octanol–water partition coefficient (Wildman–Crippen LogP) is 9.64. The Morgan fingerprint density at radius 1 is 0.568 bits per heavy atom. The van der Waals surface area contributed by atoms with Crippen molar-refractivity contribution in [1.29, 1.82) is 0 Å². The van der Waals surface area contributed by atoms with E-state index in [0.29, 0.717) is 21.9 Å². The third kappa shape index (κ3) is 3.95. The molecule has 4 aliphatic carbocycles. The molecule has 4 saturated carbocycles. The van der Waals surface area contributed by atoms with Crippen LogP contribution in [0.4, 0.5) is 0 Å². The molecule has 0 amide bonds. The van der Waals surface area contributed by atoms with Crippen LogP contribution < -0.4 is 0 Å². The van der Waals surface area contributed by atoms with Crippen LogP contribution in [0.3, 0.4) is 0 Å². The number of hydrogen-bond donors (Lipinski definition) is 1. The molecule has 186 valence electrons. The molecular weight excluding hydrogens is 495 g/mol. The second kappa shape index (κ2) is 9.02. The molecular formula is C34H30Cl2O. The van der Waals surface area contributed by atoms with Gasteiger partial charge in [0.1, 0.15) is 0 Å². The fourth-order valence-electron chi connectivity index (χ4n) is 7.85. The van der Waals surface area contributed by atoms with Crippen molar-refractivity contribution >= 4 is 23.2 Å². The van der Waals surface area contributed by atoms with Crippen LogP contribution in [0.25, 0.3) is 33.4 Å². The van der Waals surface area contributed by atoms with Crippen molar-refractivity contribution in [3.63, 3.8) is 0 Å². The molecule has 0 unspecified atom stereocenters. The Bertz CT molecular complexity index is 1450. The van der Waals surface area contributed by atoms with E-state index in [-0.39, 0.29) is 0 Å². The minimum atomic E-state index is -0.835. The number of aliphatic hydroxyl groups is 1. The van der Waals surface area contributed by atoms with E-state index in [1.165, 1.54) is 17.5 Å². The highest BCUT2D eigenvalue weighted by Gasteiger charge is 2.57. The third-order valence-corrected chi connectivity index (χ3v) is 9.91. The Labute approximate surface area is 229 Å². The largest absolute Gasteiger partial charge is 0.385 e. The second-order valence-electron chi connectivity index (χ2n) is 11.5. The van der Waals surface area contributed by atoms with Crippen molar-refractivity contribution in [3.8, 4) is 33.4 Å². The monoisotopic (exact) mass is 524 g/mol. The van der Waals surface area contributed by atoms with Crippen molar-refractivity contribution in [2.24, 2.45) is 23.7 Å². The van der Waals surface area contributed by atoms with Crippen LogP contribution in [-0.4, -0.2) is 5.11 Å². The molecule has 37 heavy (non-hydrogen) atoms. The lowest BCUT2D eigenvalue weighted by Gasteiger charge is -2.59. The molecule has 0 aromatic heterocycles. The molecule has 0 aliphatic heterocycles. The van der Waals surface area contributed by atoms with Gasteiger partial charge in [-0.1, -0.05) is 89.9 Å². The number of halogens is 2. The average Bonchev–Trinajstić information content (AvgIpc) is 2.92. The van der Waals surface area contributed by atoms with E-state index in [4.69, 9.17) is 23.2 Å². The van der Waals surface area contributed by atoms with Gasteiger partial charge in [0, 0.05) is 15.6 Å². The van der Waals surface area contributed by atoms with Gasteiger partial charge in [-0.25, -0.2) is 0 Å². The molecule has 0 heterocycles. The Hall–Kier alpha value is -2.58. The molecule has 4 aromatic rings. The van der Waals surface area contributed by atoms with Crippen LogP contribution in [0.2, 0.25) is 10.0 Å². The smallest absolute Gasteiger partial charge is 0.0959 e. The average molecular weight is 526 g/mol. The van der Waals surface area contributed by atoms with Gasteiger partial charge in [-0.3, -0.25) is 0 Å². The van der Waals surface area contributed by atoms with E-state index in [1.807, 2.05) is 18.2 Å². The lowest BCUT2D eigenvalue weighted by molar-refractivity contribution is -0.179. The summed E-state index contributed by atoms with van der Waals surface area (Å²) in [6.07, 6.45) is 5.87. The minimum absolute atomic E-state index is 0.305. The lowest BCUT2D eigenvalue weighted by atomic mass is 9.48. The van der Waals surface area contributed by atoms with E-state index in [2.05, 4.69) is 66.7 Å². The summed E-state index contributed by atoms with van der Waals surface area (Å²) in [4.78, 5) is 0. The summed E-state index contributed by atoms with van der Waals surface area (Å²) >= 11 is 13.0. The highest BCUT2D eigenvalue weighted by Crippen LogP contribution is 2.63. The standard InChI is InChI=1S/C34H30Cl2O/c35-29-10-12-31(33(36)20-29)30-11-9-26(25-8-4-7-24(18-25)23-5-2-1-3-6-23)19-32(30)34(37)27-14-21-13-22(16-27)17-28(34)15-21/h1-12,18-22,27-28,37H,13-17H2. The first-order chi connectivity index (χ1) is 18.0. The number of rotatable bonds is 4. The van der Waals surface area contributed by atoms with E-state index in [9.17, 15) is 5.11 Å². The highest BCUT2D eigenvalue weighted by atomic mass is 35.5. The summed E-state index contributed by atoms with van der Waals surface area (Å²) in [6, 6.07) is 31.5. The van der Waals surface area contributed by atoms with E-state index < -0.39 is 5.60 Å². The molecule has 8 rings (SSSR count). The highest BCUT2D eigenvalue weighted by molar-refractivity contribution is 6.36. The Kier molecular flexibility index (Phi) is 5.73. The zero-order valence-corrected chi connectivity index (χ0v) is 22.2. The second-order valence-corrected chi connectivity index (χ2v) is 12.3. The summed E-state index contributed by atoms with van der Waals surface area (Å²) in [5.74, 6) is 2.16. The van der Waals surface area contributed by atoms with Crippen molar-refractivity contribution < 1.29 is 5.11 Å². The van der Waals surface area contributed by atoms with Crippen molar-refractivity contribution in [2.45, 2.75) is 37.7 Å². The normalized spacial score (nSPS) is 28.0. The zero-order chi connectivity index (χ0) is 25.1. The molecule has 4 aromatic carbocycles. The maximum atomic E-state index is 12.7. The fourth-order valence-corrected chi connectivity index (χ4v) is 8.36. The van der Waals surface area contributed by atoms with Gasteiger partial charge >= 0.3 is 0 Å². The predicted molar refractivity (Wildman–Crippen MR) is 154 cm³/mol. The van der Waals surface area contributed by atoms with Crippen LogP contribution in [0.1, 0.15) is 37.7 Å². The molecule has 4 bridgehead atoms. The first-order valence-corrected chi connectivity index (χ1v) is 14.2. The Morgan fingerprint density at radius 2 is 1.16 bits per heavy atom. The topological polar surface area (TPSA) is 20.2 Å².